The number of rotatable bonds is 10. The van der Waals surface area contributed by atoms with Crippen molar-refractivity contribution in [2.45, 2.75) is 38.0 Å². The molecule has 0 atom stereocenters. The SMILES string of the molecule is BC(B)(B)NC(=O)c1nnc(NC(=O)C2CC2)cc1Nc1cccc(-c2cc(C(=O)NC(C)C)n(C)n2)c1OC. The second-order valence-electron chi connectivity index (χ2n) is 11.1. The number of hydrogen-bond acceptors (Lipinski definition) is 8. The Bertz CT molecular complexity index is 1450. The van der Waals surface area contributed by atoms with E-state index in [1.807, 2.05) is 49.5 Å². The van der Waals surface area contributed by atoms with E-state index in [-0.39, 0.29) is 35.3 Å². The minimum Gasteiger partial charge on any atom is -0.494 e. The molecule has 4 N–H and O–H groups in total. The molecule has 0 spiro atoms. The monoisotopic (exact) mass is 542 g/mol. The maximum absolute atomic E-state index is 13.1. The lowest BCUT2D eigenvalue weighted by molar-refractivity contribution is -0.117. The van der Waals surface area contributed by atoms with Gasteiger partial charge in [0.05, 0.1) is 24.2 Å². The van der Waals surface area contributed by atoms with Crippen LogP contribution in [0.5, 0.6) is 5.75 Å². The molecule has 0 unspecified atom stereocenters. The van der Waals surface area contributed by atoms with E-state index in [9.17, 15) is 14.4 Å². The van der Waals surface area contributed by atoms with Gasteiger partial charge in [0.15, 0.2) is 17.3 Å². The number of aromatic nitrogens is 4. The fraction of sp³-hybridized carbons (Fsp3) is 0.360. The van der Waals surface area contributed by atoms with Gasteiger partial charge >= 0.3 is 0 Å². The number of benzene rings is 1. The number of hydrogen-bond donors (Lipinski definition) is 4. The summed E-state index contributed by atoms with van der Waals surface area (Å²) in [6, 6.07) is 8.67. The first-order valence-corrected chi connectivity index (χ1v) is 13.2. The molecule has 12 nitrogen and oxygen atoms in total. The number of nitrogens with zero attached hydrogens (tertiary/aromatic N) is 4. The summed E-state index contributed by atoms with van der Waals surface area (Å²) in [6.45, 7) is 3.78. The van der Waals surface area contributed by atoms with Crippen molar-refractivity contribution in [3.8, 4) is 17.0 Å². The number of carbonyl (C=O) groups excluding carboxylic acids is 3. The lowest BCUT2D eigenvalue weighted by Gasteiger charge is -2.22. The normalized spacial score (nSPS) is 13.0. The Morgan fingerprint density at radius 2 is 1.80 bits per heavy atom. The smallest absolute Gasteiger partial charge is 0.272 e. The van der Waals surface area contributed by atoms with Gasteiger partial charge in [-0.3, -0.25) is 19.1 Å². The van der Waals surface area contributed by atoms with Crippen LogP contribution in [0.15, 0.2) is 30.3 Å². The summed E-state index contributed by atoms with van der Waals surface area (Å²) >= 11 is 0. The Kier molecular flexibility index (Phi) is 8.22. The van der Waals surface area contributed by atoms with E-state index in [4.69, 9.17) is 4.74 Å². The first-order valence-electron chi connectivity index (χ1n) is 13.2. The number of carbonyl (C=O) groups is 3. The lowest BCUT2D eigenvalue weighted by atomic mass is 9.49. The second-order valence-corrected chi connectivity index (χ2v) is 11.1. The molecular formula is C25H33B3N8O4. The average molecular weight is 542 g/mol. The van der Waals surface area contributed by atoms with Gasteiger partial charge in [0.2, 0.25) is 5.91 Å². The Morgan fingerprint density at radius 3 is 2.42 bits per heavy atom. The minimum absolute atomic E-state index is 0.0227. The van der Waals surface area contributed by atoms with Crippen LogP contribution >= 0.6 is 0 Å². The quantitative estimate of drug-likeness (QED) is 0.247. The van der Waals surface area contributed by atoms with Crippen LogP contribution in [0.3, 0.4) is 0 Å². The van der Waals surface area contributed by atoms with Gasteiger partial charge in [0.25, 0.3) is 11.8 Å². The van der Waals surface area contributed by atoms with Crippen molar-refractivity contribution in [1.82, 2.24) is 30.6 Å². The molecule has 0 radical (unpaired) electrons. The first-order chi connectivity index (χ1) is 18.9. The van der Waals surface area contributed by atoms with Gasteiger partial charge in [-0.15, -0.1) is 10.2 Å². The third kappa shape index (κ3) is 6.82. The summed E-state index contributed by atoms with van der Waals surface area (Å²) in [5, 5.41) is 24.0. The third-order valence-electron chi connectivity index (χ3n) is 5.99. The molecule has 1 fully saturated rings. The molecule has 2 aromatic heterocycles. The van der Waals surface area contributed by atoms with E-state index in [1.165, 1.54) is 11.8 Å². The van der Waals surface area contributed by atoms with Gasteiger partial charge in [-0.05, 0) is 50.1 Å². The van der Waals surface area contributed by atoms with E-state index in [0.717, 1.165) is 12.8 Å². The Balaban J connectivity index is 1.72. The van der Waals surface area contributed by atoms with Crippen LogP contribution in [0.2, 0.25) is 0 Å². The lowest BCUT2D eigenvalue weighted by Crippen LogP contribution is -2.50. The summed E-state index contributed by atoms with van der Waals surface area (Å²) in [5.74, 6) is -0.138. The van der Waals surface area contributed by atoms with Gasteiger partial charge in [-0.25, -0.2) is 0 Å². The molecule has 0 aliphatic heterocycles. The van der Waals surface area contributed by atoms with Gasteiger partial charge in [0.1, 0.15) is 29.2 Å². The highest BCUT2D eigenvalue weighted by Crippen LogP contribution is 2.38. The molecule has 4 rings (SSSR count). The molecule has 1 aliphatic rings. The highest BCUT2D eigenvalue weighted by atomic mass is 16.5. The van der Waals surface area contributed by atoms with E-state index in [1.54, 1.807) is 25.2 Å². The van der Waals surface area contributed by atoms with Crippen LogP contribution in [-0.4, -0.2) is 79.6 Å². The molecule has 15 heteroatoms. The second kappa shape index (κ2) is 11.4. The summed E-state index contributed by atoms with van der Waals surface area (Å²) in [4.78, 5) is 38.1. The van der Waals surface area contributed by atoms with E-state index in [2.05, 4.69) is 36.6 Å². The van der Waals surface area contributed by atoms with Gasteiger partial charge in [0, 0.05) is 30.6 Å². The van der Waals surface area contributed by atoms with Crippen molar-refractivity contribution in [2.24, 2.45) is 13.0 Å². The zero-order chi connectivity index (χ0) is 29.2. The van der Waals surface area contributed by atoms with Crippen molar-refractivity contribution in [2.75, 3.05) is 17.7 Å². The molecule has 0 bridgehead atoms. The van der Waals surface area contributed by atoms with Crippen molar-refractivity contribution < 1.29 is 19.1 Å². The van der Waals surface area contributed by atoms with Crippen LogP contribution in [0.4, 0.5) is 17.2 Å². The summed E-state index contributed by atoms with van der Waals surface area (Å²) in [6.07, 6.45) is 1.68. The molecule has 3 amide bonds. The Labute approximate surface area is 235 Å². The minimum atomic E-state index is -0.509. The van der Waals surface area contributed by atoms with Gasteiger partial charge in [-0.2, -0.15) is 5.10 Å². The zero-order valence-electron chi connectivity index (χ0n) is 23.9. The topological polar surface area (TPSA) is 152 Å². The van der Waals surface area contributed by atoms with Crippen LogP contribution in [0, 0.1) is 5.92 Å². The fourth-order valence-electron chi connectivity index (χ4n) is 4.04. The molecule has 1 saturated carbocycles. The maximum atomic E-state index is 13.1. The molecule has 2 heterocycles. The van der Waals surface area contributed by atoms with Crippen molar-refractivity contribution in [3.63, 3.8) is 0 Å². The Hall–Kier alpha value is -4.29. The number of methoxy groups -OCH3 is 1. The van der Waals surface area contributed by atoms with Crippen molar-refractivity contribution >= 4 is 58.5 Å². The van der Waals surface area contributed by atoms with Crippen LogP contribution in [0.25, 0.3) is 11.3 Å². The zero-order valence-corrected chi connectivity index (χ0v) is 23.9. The molecule has 3 aromatic rings. The molecule has 206 valence electrons. The van der Waals surface area contributed by atoms with Crippen LogP contribution < -0.4 is 26.0 Å². The summed E-state index contributed by atoms with van der Waals surface area (Å²) in [7, 11) is 8.83. The number of para-hydroxylation sites is 1. The number of nitrogens with one attached hydrogen (secondary N) is 4. The average Bonchev–Trinajstić information content (AvgIpc) is 3.64. The number of ether oxygens (including phenoxy) is 1. The van der Waals surface area contributed by atoms with Crippen molar-refractivity contribution in [3.05, 3.63) is 41.7 Å². The van der Waals surface area contributed by atoms with Gasteiger partial charge in [-0.1, -0.05) is 6.07 Å². The fourth-order valence-corrected chi connectivity index (χ4v) is 4.04. The Morgan fingerprint density at radius 1 is 1.07 bits per heavy atom. The number of amides is 3. The van der Waals surface area contributed by atoms with Gasteiger partial charge < -0.3 is 26.0 Å². The highest BCUT2D eigenvalue weighted by Gasteiger charge is 2.30. The predicted molar refractivity (Wildman–Crippen MR) is 160 cm³/mol. The van der Waals surface area contributed by atoms with Crippen LogP contribution in [-0.2, 0) is 11.8 Å². The van der Waals surface area contributed by atoms with Crippen molar-refractivity contribution in [1.29, 1.82) is 0 Å². The third-order valence-corrected chi connectivity index (χ3v) is 5.99. The molecule has 1 aromatic carbocycles. The standard InChI is InChI=1S/C25H33B3N8O4/c1-12(2)29-23(38)18-10-16(35-36(18)3)14-6-5-7-15(21(14)40-4)30-17-11-19(31-22(37)13-8-9-13)33-34-20(17)24(39)32-25(26,27)28/h5-7,10-13H,8-9,26-28H2,1-4H3,(H,29,38)(H,32,39)(H2,30,31,33,37). The van der Waals surface area contributed by atoms with E-state index >= 15 is 0 Å². The molecular weight excluding hydrogens is 509 g/mol. The summed E-state index contributed by atoms with van der Waals surface area (Å²) in [5.41, 5.74) is 2.48. The largest absolute Gasteiger partial charge is 0.494 e. The van der Waals surface area contributed by atoms with Crippen LogP contribution in [0.1, 0.15) is 47.7 Å². The highest BCUT2D eigenvalue weighted by molar-refractivity contribution is 6.60. The molecule has 40 heavy (non-hydrogen) atoms. The number of anilines is 3. The molecule has 0 saturated heterocycles. The maximum Gasteiger partial charge on any atom is 0.272 e. The van der Waals surface area contributed by atoms with E-state index in [0.29, 0.717) is 34.1 Å². The first kappa shape index (κ1) is 28.7. The van der Waals surface area contributed by atoms with E-state index < -0.39 is 11.1 Å². The molecule has 1 aliphatic carbocycles. The number of aryl methyl sites for hydroxylation is 1. The predicted octanol–water partition coefficient (Wildman–Crippen LogP) is -0.644. The summed E-state index contributed by atoms with van der Waals surface area (Å²) < 4.78 is 7.29.